The van der Waals surface area contributed by atoms with Gasteiger partial charge in [0.15, 0.2) is 0 Å². The molecule has 1 heterocycles. The monoisotopic (exact) mass is 239 g/mol. The van der Waals surface area contributed by atoms with Gasteiger partial charge in [0.25, 0.3) is 5.91 Å². The molecule has 1 aromatic heterocycles. The van der Waals surface area contributed by atoms with Crippen molar-refractivity contribution < 1.29 is 4.79 Å². The summed E-state index contributed by atoms with van der Waals surface area (Å²) in [6.07, 6.45) is 3.02. The minimum absolute atomic E-state index is 0.166. The number of amides is 1. The van der Waals surface area contributed by atoms with E-state index in [1.54, 1.807) is 30.0 Å². The number of carbonyl (C=O) groups excluding carboxylic acids is 1. The van der Waals surface area contributed by atoms with Crippen molar-refractivity contribution in [1.82, 2.24) is 10.3 Å². The Kier molecular flexibility index (Phi) is 5.11. The largest absolute Gasteiger partial charge is 0.384 e. The van der Waals surface area contributed by atoms with Crippen molar-refractivity contribution in [2.45, 2.75) is 18.6 Å². The molecule has 0 aliphatic heterocycles. The minimum Gasteiger partial charge on any atom is -0.384 e. The highest BCUT2D eigenvalue weighted by atomic mass is 32.2. The second kappa shape index (κ2) is 6.37. The zero-order valence-electron chi connectivity index (χ0n) is 9.56. The minimum atomic E-state index is -0.166. The first-order valence-corrected chi connectivity index (χ1v) is 6.46. The quantitative estimate of drug-likeness (QED) is 0.817. The molecule has 0 aliphatic carbocycles. The predicted octanol–water partition coefficient (Wildman–Crippen LogP) is 1.54. The van der Waals surface area contributed by atoms with E-state index in [9.17, 15) is 4.79 Å². The Labute approximate surface area is 100 Å². The molecule has 1 aromatic rings. The fourth-order valence-corrected chi connectivity index (χ4v) is 1.53. The van der Waals surface area contributed by atoms with Crippen molar-refractivity contribution in [2.24, 2.45) is 0 Å². The number of pyridine rings is 1. The van der Waals surface area contributed by atoms with Crippen LogP contribution >= 0.6 is 11.8 Å². The van der Waals surface area contributed by atoms with E-state index < -0.39 is 0 Å². The van der Waals surface area contributed by atoms with Crippen LogP contribution < -0.4 is 11.1 Å². The Morgan fingerprint density at radius 3 is 3.00 bits per heavy atom. The van der Waals surface area contributed by atoms with E-state index in [1.165, 1.54) is 0 Å². The van der Waals surface area contributed by atoms with E-state index in [1.807, 2.05) is 0 Å². The van der Waals surface area contributed by atoms with E-state index in [0.29, 0.717) is 23.3 Å². The molecule has 0 fully saturated rings. The van der Waals surface area contributed by atoms with Crippen LogP contribution in [0.3, 0.4) is 0 Å². The molecule has 0 aliphatic rings. The highest BCUT2D eigenvalue weighted by Gasteiger charge is 2.07. The van der Waals surface area contributed by atoms with Crippen LogP contribution in [0.25, 0.3) is 0 Å². The summed E-state index contributed by atoms with van der Waals surface area (Å²) in [7, 11) is 0. The van der Waals surface area contributed by atoms with Crippen LogP contribution in [-0.2, 0) is 0 Å². The van der Waals surface area contributed by atoms with Crippen molar-refractivity contribution in [3.63, 3.8) is 0 Å². The van der Waals surface area contributed by atoms with E-state index in [-0.39, 0.29) is 5.91 Å². The summed E-state index contributed by atoms with van der Waals surface area (Å²) in [4.78, 5) is 15.6. The van der Waals surface area contributed by atoms with Gasteiger partial charge in [-0.3, -0.25) is 4.79 Å². The average molecular weight is 239 g/mol. The molecular weight excluding hydrogens is 222 g/mol. The number of nitrogen functional groups attached to an aromatic ring is 1. The topological polar surface area (TPSA) is 68.0 Å². The summed E-state index contributed by atoms with van der Waals surface area (Å²) in [6.45, 7) is 2.80. The highest BCUT2D eigenvalue weighted by molar-refractivity contribution is 7.99. The van der Waals surface area contributed by atoms with Crippen molar-refractivity contribution in [3.8, 4) is 0 Å². The molecule has 3 N–H and O–H groups in total. The van der Waals surface area contributed by atoms with Gasteiger partial charge in [0, 0.05) is 11.8 Å². The second-order valence-electron chi connectivity index (χ2n) is 3.54. The van der Waals surface area contributed by atoms with Gasteiger partial charge in [-0.25, -0.2) is 4.98 Å². The first-order chi connectivity index (χ1) is 7.63. The van der Waals surface area contributed by atoms with Gasteiger partial charge in [-0.05, 0) is 24.8 Å². The molecule has 16 heavy (non-hydrogen) atoms. The van der Waals surface area contributed by atoms with E-state index in [0.717, 1.165) is 6.42 Å². The van der Waals surface area contributed by atoms with Crippen LogP contribution in [0.2, 0.25) is 0 Å². The SMILES string of the molecule is CSC(C)CCNC(=O)c1cccc(N)n1. The molecular formula is C11H17N3OS. The van der Waals surface area contributed by atoms with Crippen LogP contribution in [0.5, 0.6) is 0 Å². The molecule has 1 amide bonds. The van der Waals surface area contributed by atoms with Crippen molar-refractivity contribution in [2.75, 3.05) is 18.5 Å². The van der Waals surface area contributed by atoms with Gasteiger partial charge in [0.2, 0.25) is 0 Å². The highest BCUT2D eigenvalue weighted by Crippen LogP contribution is 2.08. The molecule has 0 spiro atoms. The number of nitrogens with two attached hydrogens (primary N) is 1. The van der Waals surface area contributed by atoms with Gasteiger partial charge < -0.3 is 11.1 Å². The first-order valence-electron chi connectivity index (χ1n) is 5.17. The maximum absolute atomic E-state index is 11.6. The van der Waals surface area contributed by atoms with Crippen LogP contribution in [0.15, 0.2) is 18.2 Å². The lowest BCUT2D eigenvalue weighted by molar-refractivity contribution is 0.0948. The third kappa shape index (κ3) is 4.10. The summed E-state index contributed by atoms with van der Waals surface area (Å²) in [5.74, 6) is 0.200. The van der Waals surface area contributed by atoms with Crippen LogP contribution in [0.4, 0.5) is 5.82 Å². The number of rotatable bonds is 5. The standard InChI is InChI=1S/C11H17N3OS/c1-8(16-2)6-7-13-11(15)9-4-3-5-10(12)14-9/h3-5,8H,6-7H2,1-2H3,(H2,12,14)(H,13,15). The first kappa shape index (κ1) is 12.8. The molecule has 1 rings (SSSR count). The predicted molar refractivity (Wildman–Crippen MR) is 68.6 cm³/mol. The lowest BCUT2D eigenvalue weighted by Crippen LogP contribution is -2.26. The van der Waals surface area contributed by atoms with Crippen LogP contribution in [0, 0.1) is 0 Å². The molecule has 0 saturated heterocycles. The number of nitrogens with zero attached hydrogens (tertiary/aromatic N) is 1. The average Bonchev–Trinajstić information content (AvgIpc) is 2.28. The lowest BCUT2D eigenvalue weighted by atomic mass is 10.3. The number of aromatic nitrogens is 1. The maximum atomic E-state index is 11.6. The second-order valence-corrected chi connectivity index (χ2v) is 4.81. The Morgan fingerprint density at radius 1 is 1.62 bits per heavy atom. The summed E-state index contributed by atoms with van der Waals surface area (Å²) >= 11 is 1.79. The van der Waals surface area contributed by atoms with Gasteiger partial charge in [0.05, 0.1) is 0 Å². The van der Waals surface area contributed by atoms with Crippen molar-refractivity contribution in [3.05, 3.63) is 23.9 Å². The molecule has 88 valence electrons. The van der Waals surface area contributed by atoms with Gasteiger partial charge in [-0.2, -0.15) is 11.8 Å². The van der Waals surface area contributed by atoms with Crippen LogP contribution in [0.1, 0.15) is 23.8 Å². The van der Waals surface area contributed by atoms with Gasteiger partial charge in [-0.15, -0.1) is 0 Å². The molecule has 0 aromatic carbocycles. The Balaban J connectivity index is 2.41. The number of anilines is 1. The number of hydrogen-bond acceptors (Lipinski definition) is 4. The van der Waals surface area contributed by atoms with E-state index in [4.69, 9.17) is 5.73 Å². The zero-order chi connectivity index (χ0) is 12.0. The fourth-order valence-electron chi connectivity index (χ4n) is 1.18. The van der Waals surface area contributed by atoms with Gasteiger partial charge in [-0.1, -0.05) is 13.0 Å². The third-order valence-corrected chi connectivity index (χ3v) is 3.28. The summed E-state index contributed by atoms with van der Waals surface area (Å²) in [5.41, 5.74) is 5.87. The van der Waals surface area contributed by atoms with Gasteiger partial charge in [0.1, 0.15) is 11.5 Å². The molecule has 0 radical (unpaired) electrons. The summed E-state index contributed by atoms with van der Waals surface area (Å²) < 4.78 is 0. The number of thioether (sulfide) groups is 1. The molecule has 0 saturated carbocycles. The Hall–Kier alpha value is -1.23. The van der Waals surface area contributed by atoms with Gasteiger partial charge >= 0.3 is 0 Å². The fraction of sp³-hybridized carbons (Fsp3) is 0.455. The lowest BCUT2D eigenvalue weighted by Gasteiger charge is -2.08. The Bertz CT molecular complexity index is 357. The normalized spacial score (nSPS) is 12.1. The van der Waals surface area contributed by atoms with Crippen molar-refractivity contribution in [1.29, 1.82) is 0 Å². The molecule has 0 bridgehead atoms. The molecule has 1 unspecified atom stereocenters. The number of hydrogen-bond donors (Lipinski definition) is 2. The van der Waals surface area contributed by atoms with Crippen molar-refractivity contribution >= 4 is 23.5 Å². The summed E-state index contributed by atoms with van der Waals surface area (Å²) in [6, 6.07) is 5.04. The number of nitrogens with one attached hydrogen (secondary N) is 1. The van der Waals surface area contributed by atoms with Crippen LogP contribution in [-0.4, -0.2) is 28.9 Å². The number of carbonyl (C=O) groups is 1. The smallest absolute Gasteiger partial charge is 0.269 e. The Morgan fingerprint density at radius 2 is 2.38 bits per heavy atom. The zero-order valence-corrected chi connectivity index (χ0v) is 10.4. The van der Waals surface area contributed by atoms with E-state index >= 15 is 0 Å². The maximum Gasteiger partial charge on any atom is 0.269 e. The molecule has 5 heteroatoms. The molecule has 4 nitrogen and oxygen atoms in total. The summed E-state index contributed by atoms with van der Waals surface area (Å²) in [5, 5.41) is 3.37. The molecule has 1 atom stereocenters. The third-order valence-electron chi connectivity index (χ3n) is 2.24. The van der Waals surface area contributed by atoms with E-state index in [2.05, 4.69) is 23.5 Å².